The third kappa shape index (κ3) is 7.01. The van der Waals surface area contributed by atoms with Gasteiger partial charge in [-0.3, -0.25) is 4.90 Å². The van der Waals surface area contributed by atoms with Crippen LogP contribution in [0.15, 0.2) is 36.5 Å². The van der Waals surface area contributed by atoms with Crippen molar-refractivity contribution in [2.75, 3.05) is 39.3 Å². The van der Waals surface area contributed by atoms with Gasteiger partial charge in [0.2, 0.25) is 0 Å². The van der Waals surface area contributed by atoms with Crippen LogP contribution >= 0.6 is 0 Å². The monoisotopic (exact) mass is 505 g/mol. The van der Waals surface area contributed by atoms with Gasteiger partial charge in [-0.25, -0.2) is 0 Å². The van der Waals surface area contributed by atoms with Gasteiger partial charge in [0.05, 0.1) is 0 Å². The predicted molar refractivity (Wildman–Crippen MR) is 158 cm³/mol. The van der Waals surface area contributed by atoms with Gasteiger partial charge in [0.1, 0.15) is 0 Å². The lowest BCUT2D eigenvalue weighted by Crippen LogP contribution is -2.46. The second kappa shape index (κ2) is 12.2. The smallest absolute Gasteiger partial charge is 0.0189 e. The molecule has 1 saturated carbocycles. The molecule has 3 heteroatoms. The van der Waals surface area contributed by atoms with Crippen LogP contribution in [0.4, 0.5) is 0 Å². The molecule has 37 heavy (non-hydrogen) atoms. The van der Waals surface area contributed by atoms with Gasteiger partial charge < -0.3 is 9.80 Å². The molecule has 206 valence electrons. The summed E-state index contributed by atoms with van der Waals surface area (Å²) in [6.07, 6.45) is 16.2. The number of rotatable bonds is 7. The summed E-state index contributed by atoms with van der Waals surface area (Å²) >= 11 is 0. The Labute approximate surface area is 228 Å². The van der Waals surface area contributed by atoms with E-state index in [1.54, 1.807) is 11.1 Å². The second-order valence-corrected chi connectivity index (χ2v) is 13.9. The summed E-state index contributed by atoms with van der Waals surface area (Å²) in [5.74, 6) is 2.37. The van der Waals surface area contributed by atoms with E-state index >= 15 is 0 Å². The molecule has 0 bridgehead atoms. The lowest BCUT2D eigenvalue weighted by atomic mass is 9.77. The average Bonchev–Trinajstić information content (AvgIpc) is 3.47. The number of hydrogen-bond donors (Lipinski definition) is 0. The highest BCUT2D eigenvalue weighted by molar-refractivity contribution is 5.26. The van der Waals surface area contributed by atoms with Crippen molar-refractivity contribution in [3.05, 3.63) is 47.7 Å². The van der Waals surface area contributed by atoms with Gasteiger partial charge in [-0.05, 0) is 153 Å². The van der Waals surface area contributed by atoms with E-state index in [2.05, 4.69) is 66.3 Å². The van der Waals surface area contributed by atoms with E-state index in [1.807, 2.05) is 0 Å². The Morgan fingerprint density at radius 3 is 2.00 bits per heavy atom. The van der Waals surface area contributed by atoms with Crippen LogP contribution in [0.2, 0.25) is 0 Å². The molecule has 5 rings (SSSR count). The molecule has 0 unspecified atom stereocenters. The van der Waals surface area contributed by atoms with Crippen LogP contribution in [-0.2, 0) is 6.42 Å². The van der Waals surface area contributed by atoms with Gasteiger partial charge in [-0.15, -0.1) is 0 Å². The van der Waals surface area contributed by atoms with Gasteiger partial charge in [0, 0.05) is 30.4 Å². The molecule has 0 amide bonds. The lowest BCUT2D eigenvalue weighted by Gasteiger charge is -2.41. The third-order valence-corrected chi connectivity index (χ3v) is 10.6. The topological polar surface area (TPSA) is 9.72 Å². The molecule has 3 aliphatic heterocycles. The van der Waals surface area contributed by atoms with Crippen molar-refractivity contribution in [2.24, 2.45) is 11.8 Å². The summed E-state index contributed by atoms with van der Waals surface area (Å²) < 4.78 is 0. The first-order valence-corrected chi connectivity index (χ1v) is 15.9. The Kier molecular flexibility index (Phi) is 9.02. The molecule has 0 spiro atoms. The fourth-order valence-electron chi connectivity index (χ4n) is 7.86. The number of allylic oxidation sites excluding steroid dienone is 1. The maximum Gasteiger partial charge on any atom is 0.0189 e. The number of benzene rings is 1. The van der Waals surface area contributed by atoms with E-state index in [1.165, 1.54) is 122 Å². The zero-order valence-corrected chi connectivity index (χ0v) is 24.4. The van der Waals surface area contributed by atoms with Gasteiger partial charge in [0.15, 0.2) is 0 Å². The number of piperidine rings is 2. The van der Waals surface area contributed by atoms with Crippen molar-refractivity contribution in [2.45, 2.75) is 115 Å². The Morgan fingerprint density at radius 2 is 1.41 bits per heavy atom. The summed E-state index contributed by atoms with van der Waals surface area (Å²) in [6.45, 7) is 19.4. The first kappa shape index (κ1) is 27.3. The third-order valence-electron chi connectivity index (χ3n) is 10.6. The average molecular weight is 506 g/mol. The highest BCUT2D eigenvalue weighted by Gasteiger charge is 2.31. The summed E-state index contributed by atoms with van der Waals surface area (Å²) in [7, 11) is 0. The maximum atomic E-state index is 4.62. The molecule has 1 aromatic rings. The van der Waals surface area contributed by atoms with E-state index < -0.39 is 0 Å². The molecular formula is C34H55N3. The number of nitrogens with zero attached hydrogens (tertiary/aromatic N) is 3. The van der Waals surface area contributed by atoms with Crippen LogP contribution < -0.4 is 0 Å². The molecule has 3 saturated heterocycles. The van der Waals surface area contributed by atoms with Crippen molar-refractivity contribution in [3.8, 4) is 0 Å². The van der Waals surface area contributed by atoms with Crippen LogP contribution in [0.3, 0.4) is 0 Å². The van der Waals surface area contributed by atoms with Crippen molar-refractivity contribution < 1.29 is 0 Å². The molecule has 3 nitrogen and oxygen atoms in total. The predicted octanol–water partition coefficient (Wildman–Crippen LogP) is 7.48. The minimum absolute atomic E-state index is 0.331. The molecule has 1 aliphatic carbocycles. The number of hydrogen-bond acceptors (Lipinski definition) is 3. The van der Waals surface area contributed by atoms with Crippen molar-refractivity contribution in [1.29, 1.82) is 0 Å². The summed E-state index contributed by atoms with van der Waals surface area (Å²) in [4.78, 5) is 8.08. The Morgan fingerprint density at radius 1 is 0.784 bits per heavy atom. The van der Waals surface area contributed by atoms with Crippen molar-refractivity contribution in [1.82, 2.24) is 14.7 Å². The summed E-state index contributed by atoms with van der Waals surface area (Å²) in [6, 6.07) is 10.6. The summed E-state index contributed by atoms with van der Waals surface area (Å²) in [5.41, 5.74) is 4.92. The fourth-order valence-corrected chi connectivity index (χ4v) is 7.86. The molecule has 4 aliphatic rings. The van der Waals surface area contributed by atoms with E-state index in [0.717, 1.165) is 17.9 Å². The molecule has 0 radical (unpaired) electrons. The first-order chi connectivity index (χ1) is 17.9. The normalized spacial score (nSPS) is 27.6. The minimum Gasteiger partial charge on any atom is -0.375 e. The number of aryl methyl sites for hydroxylation is 1. The van der Waals surface area contributed by atoms with Crippen LogP contribution in [-0.4, -0.2) is 65.5 Å². The molecular weight excluding hydrogens is 450 g/mol. The number of likely N-dealkylation sites (tertiary alicyclic amines) is 3. The van der Waals surface area contributed by atoms with E-state index in [-0.39, 0.29) is 0 Å². The molecule has 1 aromatic carbocycles. The molecule has 0 aromatic heterocycles. The maximum absolute atomic E-state index is 4.62. The molecule has 3 heterocycles. The zero-order valence-electron chi connectivity index (χ0n) is 24.4. The highest BCUT2D eigenvalue weighted by Crippen LogP contribution is 2.40. The lowest BCUT2D eigenvalue weighted by molar-refractivity contribution is 0.0855. The van der Waals surface area contributed by atoms with Gasteiger partial charge in [-0.1, -0.05) is 30.8 Å². The van der Waals surface area contributed by atoms with E-state index in [4.69, 9.17) is 0 Å². The van der Waals surface area contributed by atoms with Gasteiger partial charge in [-0.2, -0.15) is 0 Å². The van der Waals surface area contributed by atoms with Crippen LogP contribution in [0.1, 0.15) is 108 Å². The highest BCUT2D eigenvalue weighted by atomic mass is 15.2. The Bertz CT molecular complexity index is 838. The van der Waals surface area contributed by atoms with E-state index in [9.17, 15) is 0 Å². The Hall–Kier alpha value is -1.32. The summed E-state index contributed by atoms with van der Waals surface area (Å²) in [5, 5.41) is 0. The quantitative estimate of drug-likeness (QED) is 0.380. The Balaban J connectivity index is 1.02. The molecule has 4 fully saturated rings. The minimum atomic E-state index is 0.331. The molecule has 0 N–H and O–H groups in total. The largest absolute Gasteiger partial charge is 0.375 e. The van der Waals surface area contributed by atoms with Crippen molar-refractivity contribution in [3.63, 3.8) is 0 Å². The fraction of sp³-hybridized carbons (Fsp3) is 0.765. The van der Waals surface area contributed by atoms with Crippen LogP contribution in [0.25, 0.3) is 0 Å². The van der Waals surface area contributed by atoms with Gasteiger partial charge in [0.25, 0.3) is 0 Å². The van der Waals surface area contributed by atoms with Gasteiger partial charge >= 0.3 is 0 Å². The zero-order chi connectivity index (χ0) is 25.8. The SMILES string of the molecule is C=C(C1CCC(c2ccc(CCC3CCN(C(C)(C)C)CC3)cc2)CC1)N1CCC(N2CCCC2)CC1. The van der Waals surface area contributed by atoms with Crippen LogP contribution in [0, 0.1) is 11.8 Å². The van der Waals surface area contributed by atoms with Crippen molar-refractivity contribution >= 4 is 0 Å². The van der Waals surface area contributed by atoms with Crippen LogP contribution in [0.5, 0.6) is 0 Å². The van der Waals surface area contributed by atoms with E-state index in [0.29, 0.717) is 11.5 Å². The standard InChI is InChI=1S/C34H55N3/c1-27(35-23-19-33(20-24-35)36-21-5-6-22-36)30-13-15-32(16-14-30)31-11-9-28(10-12-31)7-8-29-17-25-37(26-18-29)34(2,3)4/h9-12,29-30,32-33H,1,5-8,13-26H2,2-4H3. The first-order valence-electron chi connectivity index (χ1n) is 15.9. The molecule has 0 atom stereocenters. The second-order valence-electron chi connectivity index (χ2n) is 13.9.